The van der Waals surface area contributed by atoms with E-state index < -0.39 is 10.0 Å². The Morgan fingerprint density at radius 1 is 0.931 bits per heavy atom. The maximum Gasteiger partial charge on any atom is 0.239 e. The summed E-state index contributed by atoms with van der Waals surface area (Å²) in [5, 5.41) is 0. The molecule has 2 heterocycles. The minimum atomic E-state index is -3.39. The zero-order valence-corrected chi connectivity index (χ0v) is 17.7. The molecule has 0 atom stereocenters. The van der Waals surface area contributed by atoms with E-state index in [1.165, 1.54) is 32.4 Å². The molecule has 2 aliphatic rings. The van der Waals surface area contributed by atoms with Gasteiger partial charge in [0.05, 0.1) is 18.0 Å². The van der Waals surface area contributed by atoms with Crippen molar-refractivity contribution < 1.29 is 13.2 Å². The van der Waals surface area contributed by atoms with Crippen molar-refractivity contribution in [2.45, 2.75) is 37.9 Å². The van der Waals surface area contributed by atoms with E-state index in [0.29, 0.717) is 13.2 Å². The molecule has 156 valence electrons. The number of rotatable bonds is 8. The largest absolute Gasteiger partial charge is 0.494 e. The quantitative estimate of drug-likeness (QED) is 0.616. The van der Waals surface area contributed by atoms with Crippen LogP contribution >= 0.6 is 0 Å². The molecule has 0 N–H and O–H groups in total. The predicted molar refractivity (Wildman–Crippen MR) is 117 cm³/mol. The van der Waals surface area contributed by atoms with E-state index in [4.69, 9.17) is 4.74 Å². The molecule has 4 rings (SSSR count). The molecule has 0 aromatic heterocycles. The van der Waals surface area contributed by atoms with Gasteiger partial charge in [-0.2, -0.15) is 0 Å². The molecule has 2 aliphatic heterocycles. The molecule has 29 heavy (non-hydrogen) atoms. The average molecular weight is 415 g/mol. The van der Waals surface area contributed by atoms with Crippen molar-refractivity contribution in [3.05, 3.63) is 59.7 Å². The number of sulfonamides is 1. The summed E-state index contributed by atoms with van der Waals surface area (Å²) in [6, 6.07) is 15.2. The zero-order chi connectivity index (χ0) is 20.1. The fourth-order valence-corrected chi connectivity index (χ4v) is 5.87. The first-order valence-corrected chi connectivity index (χ1v) is 12.3. The number of piperidine rings is 1. The first kappa shape index (κ1) is 20.2. The summed E-state index contributed by atoms with van der Waals surface area (Å²) in [4.78, 5) is 2.52. The van der Waals surface area contributed by atoms with Gasteiger partial charge in [0.1, 0.15) is 5.75 Å². The first-order valence-electron chi connectivity index (χ1n) is 10.6. The van der Waals surface area contributed by atoms with Gasteiger partial charge in [-0.05, 0) is 68.1 Å². The lowest BCUT2D eigenvalue weighted by Crippen LogP contribution is -2.31. The fourth-order valence-electron chi connectivity index (χ4n) is 4.25. The Morgan fingerprint density at radius 2 is 1.72 bits per heavy atom. The maximum absolute atomic E-state index is 12.9. The Labute approximate surface area is 174 Å². The van der Waals surface area contributed by atoms with Crippen molar-refractivity contribution in [3.63, 3.8) is 0 Å². The second-order valence-electron chi connectivity index (χ2n) is 7.96. The van der Waals surface area contributed by atoms with Gasteiger partial charge in [0.25, 0.3) is 0 Å². The molecule has 1 saturated heterocycles. The molecule has 0 spiro atoms. The summed E-state index contributed by atoms with van der Waals surface area (Å²) in [6.45, 7) is 4.73. The molecule has 0 aliphatic carbocycles. The van der Waals surface area contributed by atoms with Crippen LogP contribution in [0.15, 0.2) is 48.5 Å². The van der Waals surface area contributed by atoms with Crippen LogP contribution in [0.25, 0.3) is 0 Å². The third-order valence-corrected chi connectivity index (χ3v) is 7.52. The highest BCUT2D eigenvalue weighted by Crippen LogP contribution is 2.34. The Kier molecular flexibility index (Phi) is 6.40. The van der Waals surface area contributed by atoms with E-state index in [0.717, 1.165) is 42.0 Å². The van der Waals surface area contributed by atoms with Crippen molar-refractivity contribution in [2.75, 3.05) is 37.1 Å². The fraction of sp³-hybridized carbons (Fsp3) is 0.478. The van der Waals surface area contributed by atoms with E-state index in [2.05, 4.69) is 4.90 Å². The van der Waals surface area contributed by atoms with Gasteiger partial charge in [-0.3, -0.25) is 4.31 Å². The molecule has 6 heteroatoms. The van der Waals surface area contributed by atoms with E-state index in [-0.39, 0.29) is 5.75 Å². The monoisotopic (exact) mass is 414 g/mol. The Morgan fingerprint density at radius 3 is 2.52 bits per heavy atom. The van der Waals surface area contributed by atoms with Crippen LogP contribution in [0, 0.1) is 0 Å². The lowest BCUT2D eigenvalue weighted by atomic mass is 10.1. The average Bonchev–Trinajstić information content (AvgIpc) is 3.17. The number of nitrogens with zero attached hydrogens (tertiary/aromatic N) is 2. The van der Waals surface area contributed by atoms with Gasteiger partial charge in [-0.15, -0.1) is 0 Å². The number of benzene rings is 2. The molecular formula is C23H30N2O3S. The standard InChI is InChI=1S/C23H30N2O3S/c26-29(27,19-20-8-3-1-4-9-20)25-16-12-21-18-22(10-11-23(21)25)28-17-7-15-24-13-5-2-6-14-24/h1,3-4,8-11,18H,2,5-7,12-17,19H2. The van der Waals surface area contributed by atoms with Crippen LogP contribution in [0.3, 0.4) is 0 Å². The van der Waals surface area contributed by atoms with Crippen molar-refractivity contribution in [3.8, 4) is 5.75 Å². The second kappa shape index (κ2) is 9.18. The SMILES string of the molecule is O=S(=O)(Cc1ccccc1)N1CCc2cc(OCCCN3CCCCC3)ccc21. The molecule has 5 nitrogen and oxygen atoms in total. The zero-order valence-electron chi connectivity index (χ0n) is 16.9. The van der Waals surface area contributed by atoms with Gasteiger partial charge in [-0.25, -0.2) is 8.42 Å². The number of hydrogen-bond acceptors (Lipinski definition) is 4. The van der Waals surface area contributed by atoms with Crippen LogP contribution < -0.4 is 9.04 Å². The highest BCUT2D eigenvalue weighted by atomic mass is 32.2. The normalized spacial score (nSPS) is 17.3. The van der Waals surface area contributed by atoms with Gasteiger partial charge in [0.15, 0.2) is 0 Å². The Balaban J connectivity index is 1.33. The van der Waals surface area contributed by atoms with E-state index in [1.54, 1.807) is 4.31 Å². The van der Waals surface area contributed by atoms with Gasteiger partial charge in [-0.1, -0.05) is 36.8 Å². The van der Waals surface area contributed by atoms with Gasteiger partial charge in [0, 0.05) is 13.1 Å². The van der Waals surface area contributed by atoms with Crippen LogP contribution in [-0.4, -0.2) is 46.1 Å². The van der Waals surface area contributed by atoms with Crippen LogP contribution in [0.2, 0.25) is 0 Å². The Bertz CT molecular complexity index is 909. The highest BCUT2D eigenvalue weighted by Gasteiger charge is 2.29. The summed E-state index contributed by atoms with van der Waals surface area (Å²) in [5.74, 6) is 0.867. The lowest BCUT2D eigenvalue weighted by Gasteiger charge is -2.26. The molecule has 1 fully saturated rings. The molecule has 2 aromatic rings. The van der Waals surface area contributed by atoms with Gasteiger partial charge in [0.2, 0.25) is 10.0 Å². The molecule has 0 saturated carbocycles. The summed E-state index contributed by atoms with van der Waals surface area (Å²) in [6.07, 6.45) is 5.74. The summed E-state index contributed by atoms with van der Waals surface area (Å²) in [7, 11) is -3.39. The van der Waals surface area contributed by atoms with E-state index in [1.807, 2.05) is 48.5 Å². The van der Waals surface area contributed by atoms with E-state index >= 15 is 0 Å². The number of ether oxygens (including phenoxy) is 1. The summed E-state index contributed by atoms with van der Waals surface area (Å²) >= 11 is 0. The first-order chi connectivity index (χ1) is 14.1. The summed E-state index contributed by atoms with van der Waals surface area (Å²) < 4.78 is 33.3. The molecule has 0 amide bonds. The van der Waals surface area contributed by atoms with Crippen LogP contribution in [0.5, 0.6) is 5.75 Å². The van der Waals surface area contributed by atoms with Crippen molar-refractivity contribution >= 4 is 15.7 Å². The number of fused-ring (bicyclic) bond motifs is 1. The molecule has 0 unspecified atom stereocenters. The predicted octanol–water partition coefficient (Wildman–Crippen LogP) is 3.83. The Hall–Kier alpha value is -2.05. The third-order valence-electron chi connectivity index (χ3n) is 5.77. The van der Waals surface area contributed by atoms with Gasteiger partial charge < -0.3 is 9.64 Å². The number of hydrogen-bond donors (Lipinski definition) is 0. The van der Waals surface area contributed by atoms with Crippen LogP contribution in [-0.2, 0) is 22.2 Å². The summed E-state index contributed by atoms with van der Waals surface area (Å²) in [5.41, 5.74) is 2.66. The minimum absolute atomic E-state index is 0.0298. The van der Waals surface area contributed by atoms with Crippen LogP contribution in [0.4, 0.5) is 5.69 Å². The number of anilines is 1. The molecule has 0 bridgehead atoms. The number of likely N-dealkylation sites (tertiary alicyclic amines) is 1. The highest BCUT2D eigenvalue weighted by molar-refractivity contribution is 7.92. The molecular weight excluding hydrogens is 384 g/mol. The lowest BCUT2D eigenvalue weighted by molar-refractivity contribution is 0.205. The second-order valence-corrected chi connectivity index (χ2v) is 9.85. The van der Waals surface area contributed by atoms with Crippen molar-refractivity contribution in [1.82, 2.24) is 4.90 Å². The molecule has 2 aromatic carbocycles. The van der Waals surface area contributed by atoms with Crippen molar-refractivity contribution in [2.24, 2.45) is 0 Å². The third kappa shape index (κ3) is 5.11. The van der Waals surface area contributed by atoms with Crippen LogP contribution in [0.1, 0.15) is 36.8 Å². The smallest absolute Gasteiger partial charge is 0.239 e. The molecule has 0 radical (unpaired) electrons. The minimum Gasteiger partial charge on any atom is -0.494 e. The topological polar surface area (TPSA) is 49.9 Å². The van der Waals surface area contributed by atoms with Crippen molar-refractivity contribution in [1.29, 1.82) is 0 Å². The van der Waals surface area contributed by atoms with Gasteiger partial charge >= 0.3 is 0 Å². The maximum atomic E-state index is 12.9. The van der Waals surface area contributed by atoms with E-state index in [9.17, 15) is 8.42 Å².